The first-order valence-electron chi connectivity index (χ1n) is 11.5. The van der Waals surface area contributed by atoms with Crippen molar-refractivity contribution in [3.05, 3.63) is 76.2 Å². The van der Waals surface area contributed by atoms with E-state index in [1.807, 2.05) is 60.7 Å². The molecule has 5 nitrogen and oxygen atoms in total. The normalized spacial score (nSPS) is 15.5. The van der Waals surface area contributed by atoms with Crippen LogP contribution in [0.2, 0.25) is 0 Å². The zero-order valence-corrected chi connectivity index (χ0v) is 20.6. The van der Waals surface area contributed by atoms with Crippen LogP contribution in [0.25, 0.3) is 0 Å². The van der Waals surface area contributed by atoms with Gasteiger partial charge in [0, 0.05) is 22.3 Å². The minimum absolute atomic E-state index is 0.0307. The van der Waals surface area contributed by atoms with Crippen LogP contribution >= 0.6 is 11.3 Å². The van der Waals surface area contributed by atoms with E-state index in [4.69, 9.17) is 15.0 Å². The Bertz CT molecular complexity index is 1230. The molecule has 174 valence electrons. The Kier molecular flexibility index (Phi) is 7.14. The maximum absolute atomic E-state index is 13.4. The Morgan fingerprint density at radius 1 is 1.21 bits per heavy atom. The number of carbonyl (C=O) groups excluding carboxylic acids is 1. The molecule has 0 radical (unpaired) electrons. The van der Waals surface area contributed by atoms with Crippen molar-refractivity contribution < 1.29 is 9.53 Å². The second-order valence-corrected chi connectivity index (χ2v) is 10.6. The molecule has 1 amide bonds. The molecule has 2 aromatic carbocycles. The maximum Gasteiger partial charge on any atom is 0.259 e. The molecule has 4 rings (SSSR count). The molecule has 6 heteroatoms. The molecule has 1 aliphatic carbocycles. The van der Waals surface area contributed by atoms with Gasteiger partial charge in [-0.2, -0.15) is 5.26 Å². The Hall–Kier alpha value is -3.43. The molecule has 3 aromatic rings. The summed E-state index contributed by atoms with van der Waals surface area (Å²) in [5.74, 6) is 1.04. The van der Waals surface area contributed by atoms with Crippen molar-refractivity contribution in [3.63, 3.8) is 0 Å². The smallest absolute Gasteiger partial charge is 0.259 e. The summed E-state index contributed by atoms with van der Waals surface area (Å²) in [7, 11) is 0. The average molecular weight is 472 g/mol. The van der Waals surface area contributed by atoms with Crippen LogP contribution in [-0.4, -0.2) is 18.7 Å². The second-order valence-electron chi connectivity index (χ2n) is 9.55. The quantitative estimate of drug-likeness (QED) is 0.402. The first-order valence-corrected chi connectivity index (χ1v) is 12.3. The zero-order chi connectivity index (χ0) is 24.1. The molecule has 0 bridgehead atoms. The monoisotopic (exact) mass is 471 g/mol. The first kappa shape index (κ1) is 23.7. The molecule has 0 unspecified atom stereocenters. The van der Waals surface area contributed by atoms with Gasteiger partial charge in [-0.3, -0.25) is 4.79 Å². The molecule has 0 saturated heterocycles. The third kappa shape index (κ3) is 5.37. The van der Waals surface area contributed by atoms with Crippen LogP contribution in [0.3, 0.4) is 0 Å². The third-order valence-corrected chi connectivity index (χ3v) is 7.42. The first-order chi connectivity index (χ1) is 16.4. The zero-order valence-electron chi connectivity index (χ0n) is 19.8. The summed E-state index contributed by atoms with van der Waals surface area (Å²) < 4.78 is 5.54. The van der Waals surface area contributed by atoms with Gasteiger partial charge in [0.25, 0.3) is 5.91 Å². The lowest BCUT2D eigenvalue weighted by Gasteiger charge is -2.33. The SMILES string of the molecule is CC(C)(C)[C@H]1CCc2c(sc(N=Cc3ccccc3OCC#N)c2C(=O)Nc2ccccc2)C1. The highest BCUT2D eigenvalue weighted by atomic mass is 32.1. The van der Waals surface area contributed by atoms with Crippen LogP contribution in [-0.2, 0) is 12.8 Å². The summed E-state index contributed by atoms with van der Waals surface area (Å²) >= 11 is 1.61. The topological polar surface area (TPSA) is 74.5 Å². The minimum atomic E-state index is -0.126. The van der Waals surface area contributed by atoms with Gasteiger partial charge < -0.3 is 10.1 Å². The Labute approximate surface area is 205 Å². The number of rotatable bonds is 6. The van der Waals surface area contributed by atoms with Crippen LogP contribution < -0.4 is 10.1 Å². The number of hydrogen-bond donors (Lipinski definition) is 1. The van der Waals surface area contributed by atoms with E-state index in [0.717, 1.165) is 36.1 Å². The van der Waals surface area contributed by atoms with E-state index in [1.54, 1.807) is 17.6 Å². The predicted octanol–water partition coefficient (Wildman–Crippen LogP) is 6.80. The van der Waals surface area contributed by atoms with Gasteiger partial charge in [-0.25, -0.2) is 4.99 Å². The van der Waals surface area contributed by atoms with Gasteiger partial charge in [0.1, 0.15) is 16.8 Å². The number of para-hydroxylation sites is 2. The fraction of sp³-hybridized carbons (Fsp3) is 0.321. The van der Waals surface area contributed by atoms with Crippen molar-refractivity contribution in [2.24, 2.45) is 16.3 Å². The van der Waals surface area contributed by atoms with Gasteiger partial charge in [0.15, 0.2) is 6.61 Å². The maximum atomic E-state index is 13.4. The van der Waals surface area contributed by atoms with Crippen molar-refractivity contribution in [1.82, 2.24) is 0 Å². The number of nitriles is 1. The second kappa shape index (κ2) is 10.2. The molecule has 0 fully saturated rings. The van der Waals surface area contributed by atoms with Crippen LogP contribution in [0.4, 0.5) is 10.7 Å². The third-order valence-electron chi connectivity index (χ3n) is 6.26. The molecular formula is C28H29N3O2S. The number of aliphatic imine (C=N–C) groups is 1. The number of thiophene rings is 1. The van der Waals surface area contributed by atoms with Gasteiger partial charge in [-0.1, -0.05) is 51.1 Å². The summed E-state index contributed by atoms with van der Waals surface area (Å²) in [5.41, 5.74) is 3.55. The predicted molar refractivity (Wildman–Crippen MR) is 138 cm³/mol. The van der Waals surface area contributed by atoms with Crippen molar-refractivity contribution in [1.29, 1.82) is 5.26 Å². The van der Waals surface area contributed by atoms with Crippen LogP contribution in [0.1, 0.15) is 53.6 Å². The number of anilines is 1. The fourth-order valence-corrected chi connectivity index (χ4v) is 5.58. The number of carbonyl (C=O) groups is 1. The van der Waals surface area contributed by atoms with Gasteiger partial charge in [0.2, 0.25) is 0 Å². The van der Waals surface area contributed by atoms with Crippen molar-refractivity contribution in [2.75, 3.05) is 11.9 Å². The summed E-state index contributed by atoms with van der Waals surface area (Å²) in [6, 6.07) is 19.0. The lowest BCUT2D eigenvalue weighted by Crippen LogP contribution is -2.27. The number of fused-ring (bicyclic) bond motifs is 1. The minimum Gasteiger partial charge on any atom is -0.478 e. The number of nitrogens with zero attached hydrogens (tertiary/aromatic N) is 2. The summed E-state index contributed by atoms with van der Waals surface area (Å²) in [4.78, 5) is 19.5. The molecule has 0 aliphatic heterocycles. The molecule has 1 aliphatic rings. The van der Waals surface area contributed by atoms with E-state index in [9.17, 15) is 4.79 Å². The van der Waals surface area contributed by atoms with Crippen molar-refractivity contribution >= 4 is 34.1 Å². The summed E-state index contributed by atoms with van der Waals surface area (Å²) in [6.07, 6.45) is 4.63. The van der Waals surface area contributed by atoms with E-state index >= 15 is 0 Å². The van der Waals surface area contributed by atoms with Gasteiger partial charge in [0.05, 0.1) is 5.56 Å². The lowest BCUT2D eigenvalue weighted by molar-refractivity contribution is 0.102. The largest absolute Gasteiger partial charge is 0.478 e. The average Bonchev–Trinajstić information content (AvgIpc) is 3.19. The van der Waals surface area contributed by atoms with Crippen molar-refractivity contribution in [3.8, 4) is 11.8 Å². The number of benzene rings is 2. The van der Waals surface area contributed by atoms with E-state index in [-0.39, 0.29) is 17.9 Å². The summed E-state index contributed by atoms with van der Waals surface area (Å²) in [6.45, 7) is 6.83. The standard InChI is InChI=1S/C28H29N3O2S/c1-28(2,3)20-13-14-22-24(17-20)34-27(25(22)26(32)31-21-10-5-4-6-11-21)30-18-19-9-7-8-12-23(19)33-16-15-29/h4-12,18,20H,13-14,16-17H2,1-3H3,(H,31,32)/t20-/m0/s1. The number of ether oxygens (including phenoxy) is 1. The van der Waals surface area contributed by atoms with Crippen LogP contribution in [0.15, 0.2) is 59.6 Å². The number of hydrogen-bond acceptors (Lipinski definition) is 5. The van der Waals surface area contributed by atoms with E-state index in [1.165, 1.54) is 4.88 Å². The number of amides is 1. The highest BCUT2D eigenvalue weighted by Gasteiger charge is 2.33. The van der Waals surface area contributed by atoms with E-state index in [0.29, 0.717) is 22.2 Å². The molecule has 1 heterocycles. The Morgan fingerprint density at radius 2 is 1.94 bits per heavy atom. The molecule has 0 saturated carbocycles. The molecule has 34 heavy (non-hydrogen) atoms. The summed E-state index contributed by atoms with van der Waals surface area (Å²) in [5, 5.41) is 12.6. The molecule has 1 atom stereocenters. The van der Waals surface area contributed by atoms with Crippen molar-refractivity contribution in [2.45, 2.75) is 40.0 Å². The number of nitrogens with one attached hydrogen (secondary N) is 1. The highest BCUT2D eigenvalue weighted by molar-refractivity contribution is 7.16. The highest BCUT2D eigenvalue weighted by Crippen LogP contribution is 2.45. The van der Waals surface area contributed by atoms with Gasteiger partial charge >= 0.3 is 0 Å². The molecule has 0 spiro atoms. The molecule has 1 N–H and O–H groups in total. The lowest BCUT2D eigenvalue weighted by atomic mass is 9.72. The Morgan fingerprint density at radius 3 is 2.68 bits per heavy atom. The van der Waals surface area contributed by atoms with E-state index < -0.39 is 0 Å². The Balaban J connectivity index is 1.70. The fourth-order valence-electron chi connectivity index (χ4n) is 4.31. The van der Waals surface area contributed by atoms with Crippen LogP contribution in [0, 0.1) is 22.7 Å². The van der Waals surface area contributed by atoms with Gasteiger partial charge in [-0.05, 0) is 60.4 Å². The van der Waals surface area contributed by atoms with Gasteiger partial charge in [-0.15, -0.1) is 11.3 Å². The van der Waals surface area contributed by atoms with Crippen LogP contribution in [0.5, 0.6) is 5.75 Å². The van der Waals surface area contributed by atoms with E-state index in [2.05, 4.69) is 26.1 Å². The molecular weight excluding hydrogens is 442 g/mol. The molecule has 1 aromatic heterocycles.